The first-order chi connectivity index (χ1) is 11.4. The Labute approximate surface area is 134 Å². The number of thiophene rings is 1. The topological polar surface area (TPSA) is 52.1 Å². The van der Waals surface area contributed by atoms with Crippen LogP contribution >= 0.6 is 10.5 Å². The number of aromatic nitrogens is 2. The second kappa shape index (κ2) is 4.79. The van der Waals surface area contributed by atoms with Gasteiger partial charge in [0.15, 0.2) is 11.2 Å². The van der Waals surface area contributed by atoms with Crippen molar-refractivity contribution in [2.45, 2.75) is 0 Å². The van der Waals surface area contributed by atoms with Crippen LogP contribution in [0.1, 0.15) is 0 Å². The molecule has 0 spiro atoms. The number of para-hydroxylation sites is 4. The van der Waals surface area contributed by atoms with E-state index in [9.17, 15) is 0 Å². The molecule has 0 saturated heterocycles. The van der Waals surface area contributed by atoms with E-state index in [1.165, 1.54) is 0 Å². The molecule has 3 aromatic heterocycles. The minimum absolute atomic E-state index is 0.392. The normalized spacial score (nSPS) is 12.3. The van der Waals surface area contributed by atoms with E-state index in [0.29, 0.717) is 11.1 Å². The highest BCUT2D eigenvalue weighted by molar-refractivity contribution is 7.40. The van der Waals surface area contributed by atoms with Crippen LogP contribution in [-0.4, -0.2) is 9.97 Å². The molecule has 0 amide bonds. The fraction of sp³-hybridized carbons (Fsp3) is 0. The Balaban J connectivity index is 1.69. The third-order valence-corrected chi connectivity index (χ3v) is 5.43. The molecule has 110 valence electrons. The van der Waals surface area contributed by atoms with Gasteiger partial charge in [-0.05, 0) is 30.3 Å². The van der Waals surface area contributed by atoms with Crippen molar-refractivity contribution in [1.29, 1.82) is 0 Å². The monoisotopic (exact) mass is 319 g/mol. The van der Waals surface area contributed by atoms with E-state index in [4.69, 9.17) is 8.83 Å². The molecule has 5 heteroatoms. The molecule has 0 fully saturated rings. The average Bonchev–Trinajstić information content (AvgIpc) is 3.30. The van der Waals surface area contributed by atoms with Gasteiger partial charge in [0, 0.05) is 6.07 Å². The van der Waals surface area contributed by atoms with Crippen LogP contribution in [0.3, 0.4) is 0 Å². The molecular formula is C18H11N2O2S+. The molecule has 5 aromatic rings. The Hall–Kier alpha value is -2.92. The first kappa shape index (κ1) is 12.6. The van der Waals surface area contributed by atoms with Gasteiger partial charge in [-0.1, -0.05) is 24.3 Å². The largest absolute Gasteiger partial charge is 0.446 e. The van der Waals surface area contributed by atoms with Gasteiger partial charge in [0.05, 0.1) is 10.5 Å². The van der Waals surface area contributed by atoms with Gasteiger partial charge >= 0.3 is 5.22 Å². The summed E-state index contributed by atoms with van der Waals surface area (Å²) in [7, 11) is -0.392. The molecule has 1 unspecified atom stereocenters. The minimum atomic E-state index is -0.392. The molecule has 0 aliphatic carbocycles. The highest BCUT2D eigenvalue weighted by Gasteiger charge is 2.27. The summed E-state index contributed by atoms with van der Waals surface area (Å²) in [5.41, 5.74) is 3.31. The zero-order valence-electron chi connectivity index (χ0n) is 12.0. The predicted molar refractivity (Wildman–Crippen MR) is 90.8 cm³/mol. The number of oxazole rings is 2. The van der Waals surface area contributed by atoms with E-state index < -0.39 is 10.5 Å². The van der Waals surface area contributed by atoms with Crippen molar-refractivity contribution in [3.8, 4) is 16.0 Å². The summed E-state index contributed by atoms with van der Waals surface area (Å²) in [6.07, 6.45) is 0. The highest BCUT2D eigenvalue weighted by Crippen LogP contribution is 2.42. The Morgan fingerprint density at radius 2 is 1.39 bits per heavy atom. The van der Waals surface area contributed by atoms with E-state index in [2.05, 4.69) is 15.3 Å². The third-order valence-electron chi connectivity index (χ3n) is 3.67. The zero-order chi connectivity index (χ0) is 15.2. The molecule has 0 saturated carbocycles. The van der Waals surface area contributed by atoms with Gasteiger partial charge in [-0.3, -0.25) is 0 Å². The SMILES string of the molecule is c1ccc2oc(-c3ccc[s+]3-c3nc4ccccc4o3)nc2c1. The van der Waals surface area contributed by atoms with Crippen molar-refractivity contribution in [2.24, 2.45) is 0 Å². The molecule has 3 heterocycles. The fourth-order valence-electron chi connectivity index (χ4n) is 2.59. The van der Waals surface area contributed by atoms with Gasteiger partial charge in [-0.15, -0.1) is 0 Å². The smallest absolute Gasteiger partial charge is 0.432 e. The van der Waals surface area contributed by atoms with Crippen LogP contribution in [0.25, 0.3) is 38.2 Å². The summed E-state index contributed by atoms with van der Waals surface area (Å²) in [6.45, 7) is 0. The van der Waals surface area contributed by atoms with Crippen molar-refractivity contribution in [2.75, 3.05) is 0 Å². The molecule has 2 aromatic carbocycles. The number of rotatable bonds is 2. The molecule has 0 radical (unpaired) electrons. The predicted octanol–water partition coefficient (Wildman–Crippen LogP) is 5.37. The van der Waals surface area contributed by atoms with Gasteiger partial charge in [0.2, 0.25) is 4.88 Å². The van der Waals surface area contributed by atoms with Crippen LogP contribution in [0, 0.1) is 0 Å². The van der Waals surface area contributed by atoms with Crippen molar-refractivity contribution < 1.29 is 8.83 Å². The molecule has 0 bridgehead atoms. The maximum Gasteiger partial charge on any atom is 0.446 e. The van der Waals surface area contributed by atoms with Gasteiger partial charge in [0.25, 0.3) is 5.89 Å². The van der Waals surface area contributed by atoms with Gasteiger partial charge in [0.1, 0.15) is 16.4 Å². The van der Waals surface area contributed by atoms with Gasteiger partial charge < -0.3 is 8.83 Å². The average molecular weight is 319 g/mol. The lowest BCUT2D eigenvalue weighted by atomic mass is 10.3. The van der Waals surface area contributed by atoms with Crippen LogP contribution in [0.5, 0.6) is 0 Å². The second-order valence-electron chi connectivity index (χ2n) is 5.13. The maximum absolute atomic E-state index is 5.92. The lowest BCUT2D eigenvalue weighted by Crippen LogP contribution is -1.74. The van der Waals surface area contributed by atoms with Gasteiger partial charge in [-0.25, -0.2) is 4.98 Å². The van der Waals surface area contributed by atoms with Crippen LogP contribution in [-0.2, 0) is 0 Å². The third kappa shape index (κ3) is 1.98. The maximum atomic E-state index is 5.92. The number of hydrogen-bond acceptors (Lipinski definition) is 4. The zero-order valence-corrected chi connectivity index (χ0v) is 12.8. The molecular weight excluding hydrogens is 308 g/mol. The second-order valence-corrected chi connectivity index (χ2v) is 6.87. The van der Waals surface area contributed by atoms with E-state index in [-0.39, 0.29) is 0 Å². The van der Waals surface area contributed by atoms with E-state index in [1.807, 2.05) is 60.7 Å². The summed E-state index contributed by atoms with van der Waals surface area (Å²) >= 11 is 0. The van der Waals surface area contributed by atoms with Gasteiger partial charge in [-0.2, -0.15) is 4.98 Å². The Kier molecular flexibility index (Phi) is 2.63. The van der Waals surface area contributed by atoms with Crippen LogP contribution in [0.2, 0.25) is 0 Å². The quantitative estimate of drug-likeness (QED) is 0.410. The summed E-state index contributed by atoms with van der Waals surface area (Å²) < 4.78 is 11.8. The van der Waals surface area contributed by atoms with Crippen LogP contribution in [0.15, 0.2) is 74.9 Å². The summed E-state index contributed by atoms with van der Waals surface area (Å²) in [5.74, 6) is 0.627. The van der Waals surface area contributed by atoms with Crippen LogP contribution in [0.4, 0.5) is 0 Å². The van der Waals surface area contributed by atoms with Crippen molar-refractivity contribution in [3.05, 3.63) is 66.0 Å². The lowest BCUT2D eigenvalue weighted by Gasteiger charge is -1.86. The molecule has 4 nitrogen and oxygen atoms in total. The lowest BCUT2D eigenvalue weighted by molar-refractivity contribution is 0.620. The summed E-state index contributed by atoms with van der Waals surface area (Å²) in [6, 6.07) is 19.6. The number of hydrogen-bond donors (Lipinski definition) is 0. The number of nitrogens with zero attached hydrogens (tertiary/aromatic N) is 2. The first-order valence-corrected chi connectivity index (χ1v) is 8.50. The molecule has 0 aliphatic rings. The Bertz CT molecular complexity index is 982. The van der Waals surface area contributed by atoms with Crippen molar-refractivity contribution in [1.82, 2.24) is 9.97 Å². The Morgan fingerprint density at radius 3 is 2.13 bits per heavy atom. The van der Waals surface area contributed by atoms with Crippen LogP contribution < -0.4 is 0 Å². The molecule has 0 aliphatic heterocycles. The summed E-state index contributed by atoms with van der Waals surface area (Å²) in [5, 5.41) is 2.77. The van der Waals surface area contributed by atoms with E-state index >= 15 is 0 Å². The molecule has 0 N–H and O–H groups in total. The molecule has 23 heavy (non-hydrogen) atoms. The first-order valence-electron chi connectivity index (χ1n) is 7.21. The fourth-order valence-corrected chi connectivity index (χ4v) is 4.16. The van der Waals surface area contributed by atoms with Crippen molar-refractivity contribution >= 4 is 32.7 Å². The minimum Gasteiger partial charge on any atom is -0.432 e. The molecule has 1 atom stereocenters. The van der Waals surface area contributed by atoms with E-state index in [0.717, 1.165) is 27.1 Å². The van der Waals surface area contributed by atoms with Crippen molar-refractivity contribution in [3.63, 3.8) is 0 Å². The van der Waals surface area contributed by atoms with E-state index in [1.54, 1.807) is 0 Å². The Morgan fingerprint density at radius 1 is 0.696 bits per heavy atom. The number of benzene rings is 2. The standard InChI is InChI=1S/C18H11N2O2S/c1-3-8-14-12(6-1)19-17(21-14)16-10-5-11-23(16)18-20-13-7-2-4-9-15(13)22-18/h1-11H/q+1. The highest BCUT2D eigenvalue weighted by atomic mass is 32.2. The summed E-state index contributed by atoms with van der Waals surface area (Å²) in [4.78, 5) is 10.2. The number of fused-ring (bicyclic) bond motifs is 2. The molecule has 5 rings (SSSR count).